The third kappa shape index (κ3) is 4.53. The van der Waals surface area contributed by atoms with Gasteiger partial charge in [-0.25, -0.2) is 0 Å². The maximum absolute atomic E-state index is 9.52. The molecule has 4 nitrogen and oxygen atoms in total. The topological polar surface area (TPSA) is 48.4 Å². The number of fused-ring (bicyclic) bond motifs is 2. The Hall–Kier alpha value is -2.95. The van der Waals surface area contributed by atoms with Crippen LogP contribution in [0.1, 0.15) is 47.9 Å². The number of aryl methyl sites for hydroxylation is 1. The highest BCUT2D eigenvalue weighted by molar-refractivity contribution is 5.66. The molecule has 2 aliphatic carbocycles. The van der Waals surface area contributed by atoms with E-state index in [9.17, 15) is 5.11 Å². The molecule has 3 aliphatic rings. The first-order valence-corrected chi connectivity index (χ1v) is 13.1. The maximum Gasteiger partial charge on any atom is 0.115 e. The van der Waals surface area contributed by atoms with Crippen LogP contribution in [0.25, 0.3) is 16.9 Å². The molecular formula is C31H35N3O. The van der Waals surface area contributed by atoms with Crippen LogP contribution in [0.4, 0.5) is 0 Å². The van der Waals surface area contributed by atoms with Gasteiger partial charge in [0.2, 0.25) is 0 Å². The molecular weight excluding hydrogens is 430 g/mol. The van der Waals surface area contributed by atoms with Gasteiger partial charge in [0.15, 0.2) is 0 Å². The molecule has 2 fully saturated rings. The average molecular weight is 466 g/mol. The van der Waals surface area contributed by atoms with Gasteiger partial charge in [0.05, 0.1) is 0 Å². The number of aromatic nitrogens is 1. The zero-order chi connectivity index (χ0) is 23.8. The van der Waals surface area contributed by atoms with E-state index < -0.39 is 0 Å². The Labute approximate surface area is 208 Å². The summed E-state index contributed by atoms with van der Waals surface area (Å²) in [6.07, 6.45) is 10.1. The Bertz CT molecular complexity index is 1200. The third-order valence-corrected chi connectivity index (χ3v) is 8.61. The minimum absolute atomic E-state index is 0.136. The third-order valence-electron chi connectivity index (χ3n) is 8.61. The van der Waals surface area contributed by atoms with E-state index in [1.54, 1.807) is 11.1 Å². The lowest BCUT2D eigenvalue weighted by molar-refractivity contribution is 0.175. The summed E-state index contributed by atoms with van der Waals surface area (Å²) in [5, 5.41) is 13.5. The molecule has 0 amide bonds. The van der Waals surface area contributed by atoms with Gasteiger partial charge in [-0.2, -0.15) is 0 Å². The standard InChI is InChI=1S/C31H35N3O/c1-22(35)25-6-4-24(5-7-25)21-34-15-11-23(12-16-34)19-33-30-18-31(30)13-10-26-8-9-27(17-29(26)31)28-3-2-14-32-20-28/h2-9,14,17,20,23,30,33,35H,1,10-13,15-16,18-19,21H2. The summed E-state index contributed by atoms with van der Waals surface area (Å²) in [5.74, 6) is 0.906. The van der Waals surface area contributed by atoms with Crippen molar-refractivity contribution in [2.24, 2.45) is 5.92 Å². The normalized spacial score (nSPS) is 23.9. The SMILES string of the molecule is C=C(O)c1ccc(CN2CCC(CNC3CC34CCc3ccc(-c5cccnc5)cc34)CC2)cc1. The molecule has 1 aromatic heterocycles. The minimum Gasteiger partial charge on any atom is -0.508 e. The van der Waals surface area contributed by atoms with E-state index in [1.807, 2.05) is 30.6 Å². The zero-order valence-corrected chi connectivity index (χ0v) is 20.4. The predicted molar refractivity (Wildman–Crippen MR) is 142 cm³/mol. The monoisotopic (exact) mass is 465 g/mol. The van der Waals surface area contributed by atoms with Gasteiger partial charge in [-0.3, -0.25) is 9.88 Å². The van der Waals surface area contributed by atoms with Gasteiger partial charge in [-0.15, -0.1) is 0 Å². The Morgan fingerprint density at radius 3 is 2.66 bits per heavy atom. The predicted octanol–water partition coefficient (Wildman–Crippen LogP) is 5.74. The summed E-state index contributed by atoms with van der Waals surface area (Å²) in [6.45, 7) is 8.05. The van der Waals surface area contributed by atoms with Crippen LogP contribution in [0.5, 0.6) is 0 Å². The van der Waals surface area contributed by atoms with Crippen molar-refractivity contribution >= 4 is 5.76 Å². The van der Waals surface area contributed by atoms with Gasteiger partial charge in [0, 0.05) is 36.0 Å². The van der Waals surface area contributed by atoms with Crippen LogP contribution in [0.15, 0.2) is 73.6 Å². The molecule has 0 radical (unpaired) electrons. The molecule has 2 atom stereocenters. The summed E-state index contributed by atoms with van der Waals surface area (Å²) in [4.78, 5) is 6.87. The number of likely N-dealkylation sites (tertiary alicyclic amines) is 1. The number of nitrogens with one attached hydrogen (secondary N) is 1. The number of benzene rings is 2. The fourth-order valence-electron chi connectivity index (χ4n) is 6.33. The molecule has 180 valence electrons. The van der Waals surface area contributed by atoms with Crippen molar-refractivity contribution in [3.05, 3.63) is 95.8 Å². The quantitative estimate of drug-likeness (QED) is 0.437. The summed E-state index contributed by atoms with van der Waals surface area (Å²) in [5.41, 5.74) is 8.11. The fourth-order valence-corrected chi connectivity index (χ4v) is 6.33. The number of pyridine rings is 1. The second kappa shape index (κ2) is 9.25. The van der Waals surface area contributed by atoms with E-state index in [-0.39, 0.29) is 5.76 Å². The van der Waals surface area contributed by atoms with E-state index in [1.165, 1.54) is 48.8 Å². The highest BCUT2D eigenvalue weighted by atomic mass is 16.3. The van der Waals surface area contributed by atoms with Crippen molar-refractivity contribution in [1.82, 2.24) is 15.2 Å². The van der Waals surface area contributed by atoms with Gasteiger partial charge in [-0.1, -0.05) is 55.1 Å². The lowest BCUT2D eigenvalue weighted by atomic mass is 9.93. The minimum atomic E-state index is 0.136. The molecule has 1 saturated carbocycles. The lowest BCUT2D eigenvalue weighted by Gasteiger charge is -2.32. The van der Waals surface area contributed by atoms with Crippen LogP contribution < -0.4 is 5.32 Å². The van der Waals surface area contributed by atoms with Gasteiger partial charge in [0.1, 0.15) is 5.76 Å². The number of rotatable bonds is 7. The van der Waals surface area contributed by atoms with E-state index in [0.29, 0.717) is 11.5 Å². The van der Waals surface area contributed by atoms with Crippen molar-refractivity contribution in [2.45, 2.75) is 50.1 Å². The Balaban J connectivity index is 1.01. The Morgan fingerprint density at radius 2 is 1.91 bits per heavy atom. The molecule has 1 aliphatic heterocycles. The van der Waals surface area contributed by atoms with Crippen molar-refractivity contribution in [3.8, 4) is 11.1 Å². The smallest absolute Gasteiger partial charge is 0.115 e. The maximum atomic E-state index is 9.52. The molecule has 1 spiro atoms. The van der Waals surface area contributed by atoms with Crippen LogP contribution in [0, 0.1) is 5.92 Å². The van der Waals surface area contributed by atoms with Crippen LogP contribution in [-0.4, -0.2) is 40.7 Å². The first-order valence-electron chi connectivity index (χ1n) is 13.1. The molecule has 6 rings (SSSR count). The summed E-state index contributed by atoms with van der Waals surface area (Å²) in [6, 6.07) is 20.0. The molecule has 35 heavy (non-hydrogen) atoms. The van der Waals surface area contributed by atoms with Gasteiger partial charge < -0.3 is 10.4 Å². The first kappa shape index (κ1) is 22.5. The number of nitrogens with zero attached hydrogens (tertiary/aromatic N) is 2. The van der Waals surface area contributed by atoms with Crippen LogP contribution in [0.2, 0.25) is 0 Å². The molecule has 2 unspecified atom stereocenters. The van der Waals surface area contributed by atoms with Crippen LogP contribution in [-0.2, 0) is 18.4 Å². The van der Waals surface area contributed by atoms with Gasteiger partial charge >= 0.3 is 0 Å². The van der Waals surface area contributed by atoms with Crippen LogP contribution in [0.3, 0.4) is 0 Å². The van der Waals surface area contributed by atoms with Crippen molar-refractivity contribution in [1.29, 1.82) is 0 Å². The number of aliphatic hydroxyl groups excluding tert-OH is 1. The first-order chi connectivity index (χ1) is 17.1. The molecule has 4 heteroatoms. The second-order valence-corrected chi connectivity index (χ2v) is 10.8. The Morgan fingerprint density at radius 1 is 1.09 bits per heavy atom. The van der Waals surface area contributed by atoms with Crippen molar-refractivity contribution in [3.63, 3.8) is 0 Å². The number of hydrogen-bond acceptors (Lipinski definition) is 4. The number of piperidine rings is 1. The molecule has 0 bridgehead atoms. The summed E-state index contributed by atoms with van der Waals surface area (Å²) >= 11 is 0. The fraction of sp³-hybridized carbons (Fsp3) is 0.387. The molecule has 1 saturated heterocycles. The number of aliphatic hydroxyl groups is 1. The van der Waals surface area contributed by atoms with Gasteiger partial charge in [-0.05, 0) is 91.5 Å². The number of hydrogen-bond donors (Lipinski definition) is 2. The second-order valence-electron chi connectivity index (χ2n) is 10.8. The highest BCUT2D eigenvalue weighted by Crippen LogP contribution is 2.57. The molecule has 2 heterocycles. The van der Waals surface area contributed by atoms with E-state index in [2.05, 4.69) is 58.2 Å². The van der Waals surface area contributed by atoms with Gasteiger partial charge in [0.25, 0.3) is 0 Å². The van der Waals surface area contributed by atoms with E-state index in [4.69, 9.17) is 0 Å². The lowest BCUT2D eigenvalue weighted by Crippen LogP contribution is -2.38. The van der Waals surface area contributed by atoms with E-state index >= 15 is 0 Å². The zero-order valence-electron chi connectivity index (χ0n) is 20.4. The van der Waals surface area contributed by atoms with E-state index in [0.717, 1.165) is 37.7 Å². The van der Waals surface area contributed by atoms with Crippen molar-refractivity contribution < 1.29 is 5.11 Å². The highest BCUT2D eigenvalue weighted by Gasteiger charge is 2.57. The summed E-state index contributed by atoms with van der Waals surface area (Å²) in [7, 11) is 0. The molecule has 3 aromatic rings. The Kier molecular flexibility index (Phi) is 5.95. The largest absolute Gasteiger partial charge is 0.508 e. The molecule has 2 aromatic carbocycles. The molecule has 2 N–H and O–H groups in total. The van der Waals surface area contributed by atoms with Crippen LogP contribution >= 0.6 is 0 Å². The van der Waals surface area contributed by atoms with Crippen molar-refractivity contribution in [2.75, 3.05) is 19.6 Å². The summed E-state index contributed by atoms with van der Waals surface area (Å²) < 4.78 is 0. The average Bonchev–Trinajstić information content (AvgIpc) is 3.49.